The fourth-order valence-corrected chi connectivity index (χ4v) is 1.67. The number of aliphatic hydroxyl groups is 2. The maximum atomic E-state index is 10.0. The molecule has 0 unspecified atom stereocenters. The summed E-state index contributed by atoms with van der Waals surface area (Å²) >= 11 is 0. The first-order chi connectivity index (χ1) is 6.67. The van der Waals surface area contributed by atoms with Crippen LogP contribution in [0.4, 0.5) is 0 Å². The van der Waals surface area contributed by atoms with Gasteiger partial charge < -0.3 is 14.9 Å². The fraction of sp³-hybridized carbons (Fsp3) is 0.455. The quantitative estimate of drug-likeness (QED) is 0.704. The van der Waals surface area contributed by atoms with Gasteiger partial charge in [-0.1, -0.05) is 25.1 Å². The lowest BCUT2D eigenvalue weighted by Crippen LogP contribution is -2.39. The fourth-order valence-electron chi connectivity index (χ4n) is 1.67. The van der Waals surface area contributed by atoms with Crippen molar-refractivity contribution < 1.29 is 14.9 Å². The molecule has 0 saturated carbocycles. The Morgan fingerprint density at radius 1 is 1.50 bits per heavy atom. The van der Waals surface area contributed by atoms with Crippen molar-refractivity contribution in [3.8, 4) is 5.75 Å². The molecule has 0 radical (unpaired) electrons. The SMILES string of the molecule is C[C@]1(CO)COc2ccccc2[C@@H]1O. The van der Waals surface area contributed by atoms with Gasteiger partial charge in [-0.05, 0) is 6.07 Å². The molecule has 14 heavy (non-hydrogen) atoms. The normalized spacial score (nSPS) is 30.6. The van der Waals surface area contributed by atoms with Crippen LogP contribution in [0.3, 0.4) is 0 Å². The van der Waals surface area contributed by atoms with Crippen LogP contribution in [0.5, 0.6) is 5.75 Å². The summed E-state index contributed by atoms with van der Waals surface area (Å²) in [7, 11) is 0. The van der Waals surface area contributed by atoms with Crippen molar-refractivity contribution >= 4 is 0 Å². The summed E-state index contributed by atoms with van der Waals surface area (Å²) in [5.74, 6) is 0.714. The van der Waals surface area contributed by atoms with E-state index in [1.54, 1.807) is 0 Å². The highest BCUT2D eigenvalue weighted by molar-refractivity contribution is 5.38. The maximum absolute atomic E-state index is 10.0. The van der Waals surface area contributed by atoms with Crippen LogP contribution in [0.1, 0.15) is 18.6 Å². The molecule has 0 amide bonds. The summed E-state index contributed by atoms with van der Waals surface area (Å²) in [6, 6.07) is 7.38. The number of benzene rings is 1. The second-order valence-electron chi connectivity index (χ2n) is 4.04. The number of hydrogen-bond donors (Lipinski definition) is 2. The van der Waals surface area contributed by atoms with Crippen LogP contribution in [0.25, 0.3) is 0 Å². The second kappa shape index (κ2) is 3.26. The van der Waals surface area contributed by atoms with Gasteiger partial charge in [0.2, 0.25) is 0 Å². The van der Waals surface area contributed by atoms with Crippen LogP contribution in [0.2, 0.25) is 0 Å². The minimum Gasteiger partial charge on any atom is -0.492 e. The standard InChI is InChI=1S/C11H14O3/c1-11(6-12)7-14-9-5-3-2-4-8(9)10(11)13/h2-5,10,12-13H,6-7H2,1H3/t10-,11-/m0/s1. The third-order valence-electron chi connectivity index (χ3n) is 2.79. The van der Waals surface area contributed by atoms with E-state index in [1.807, 2.05) is 31.2 Å². The molecular formula is C11H14O3. The zero-order chi connectivity index (χ0) is 10.2. The molecule has 2 rings (SSSR count). The van der Waals surface area contributed by atoms with Crippen LogP contribution in [-0.4, -0.2) is 23.4 Å². The van der Waals surface area contributed by atoms with Crippen LogP contribution >= 0.6 is 0 Å². The van der Waals surface area contributed by atoms with Gasteiger partial charge in [-0.25, -0.2) is 0 Å². The smallest absolute Gasteiger partial charge is 0.125 e. The van der Waals surface area contributed by atoms with Crippen molar-refractivity contribution in [3.05, 3.63) is 29.8 Å². The van der Waals surface area contributed by atoms with Crippen LogP contribution in [0, 0.1) is 5.41 Å². The molecular weight excluding hydrogens is 180 g/mol. The minimum absolute atomic E-state index is 0.0809. The van der Waals surface area contributed by atoms with Gasteiger partial charge in [-0.2, -0.15) is 0 Å². The summed E-state index contributed by atoms with van der Waals surface area (Å²) in [6.45, 7) is 2.08. The molecule has 0 aromatic heterocycles. The van der Waals surface area contributed by atoms with Gasteiger partial charge in [0.25, 0.3) is 0 Å². The van der Waals surface area contributed by atoms with E-state index < -0.39 is 11.5 Å². The largest absolute Gasteiger partial charge is 0.492 e. The zero-order valence-electron chi connectivity index (χ0n) is 8.10. The lowest BCUT2D eigenvalue weighted by molar-refractivity contribution is -0.0526. The lowest BCUT2D eigenvalue weighted by Gasteiger charge is -2.37. The Bertz CT molecular complexity index is 337. The molecule has 0 saturated heterocycles. The van der Waals surface area contributed by atoms with E-state index in [4.69, 9.17) is 4.74 Å². The molecule has 1 aliphatic heterocycles. The topological polar surface area (TPSA) is 49.7 Å². The van der Waals surface area contributed by atoms with Gasteiger partial charge in [0.1, 0.15) is 5.75 Å². The molecule has 0 spiro atoms. The molecule has 2 atom stereocenters. The van der Waals surface area contributed by atoms with Crippen molar-refractivity contribution in [1.82, 2.24) is 0 Å². The van der Waals surface area contributed by atoms with Crippen molar-refractivity contribution in [2.75, 3.05) is 13.2 Å². The van der Waals surface area contributed by atoms with E-state index in [0.29, 0.717) is 12.4 Å². The van der Waals surface area contributed by atoms with E-state index in [-0.39, 0.29) is 6.61 Å². The third-order valence-corrected chi connectivity index (χ3v) is 2.79. The molecule has 0 aliphatic carbocycles. The average Bonchev–Trinajstić information content (AvgIpc) is 2.24. The Balaban J connectivity index is 2.41. The van der Waals surface area contributed by atoms with Crippen LogP contribution in [0.15, 0.2) is 24.3 Å². The Kier molecular flexibility index (Phi) is 2.21. The highest BCUT2D eigenvalue weighted by atomic mass is 16.5. The Morgan fingerprint density at radius 3 is 2.93 bits per heavy atom. The van der Waals surface area contributed by atoms with Gasteiger partial charge in [0.15, 0.2) is 0 Å². The van der Waals surface area contributed by atoms with Crippen LogP contribution in [-0.2, 0) is 0 Å². The first kappa shape index (κ1) is 9.49. The van der Waals surface area contributed by atoms with Gasteiger partial charge >= 0.3 is 0 Å². The molecule has 1 aliphatic rings. The van der Waals surface area contributed by atoms with E-state index in [1.165, 1.54) is 0 Å². The Morgan fingerprint density at radius 2 is 2.21 bits per heavy atom. The Hall–Kier alpha value is -1.06. The molecule has 1 aromatic rings. The predicted octanol–water partition coefficient (Wildman–Crippen LogP) is 1.11. The highest BCUT2D eigenvalue weighted by Crippen LogP contribution is 2.42. The lowest BCUT2D eigenvalue weighted by atomic mass is 9.80. The number of fused-ring (bicyclic) bond motifs is 1. The van der Waals surface area contributed by atoms with Gasteiger partial charge in [-0.3, -0.25) is 0 Å². The number of rotatable bonds is 1. The second-order valence-corrected chi connectivity index (χ2v) is 4.04. The summed E-state index contributed by atoms with van der Waals surface area (Å²) in [5.41, 5.74) is 0.171. The first-order valence-corrected chi connectivity index (χ1v) is 4.68. The zero-order valence-corrected chi connectivity index (χ0v) is 8.10. The minimum atomic E-state index is -0.655. The highest BCUT2D eigenvalue weighted by Gasteiger charge is 2.39. The van der Waals surface area contributed by atoms with E-state index >= 15 is 0 Å². The predicted molar refractivity (Wildman–Crippen MR) is 52.1 cm³/mol. The van der Waals surface area contributed by atoms with E-state index in [9.17, 15) is 10.2 Å². The number of para-hydroxylation sites is 1. The average molecular weight is 194 g/mol. The first-order valence-electron chi connectivity index (χ1n) is 4.68. The molecule has 2 N–H and O–H groups in total. The number of hydrogen-bond acceptors (Lipinski definition) is 3. The van der Waals surface area contributed by atoms with E-state index in [0.717, 1.165) is 5.56 Å². The monoisotopic (exact) mass is 194 g/mol. The molecule has 0 fully saturated rings. The number of aliphatic hydroxyl groups excluding tert-OH is 2. The van der Waals surface area contributed by atoms with Gasteiger partial charge in [-0.15, -0.1) is 0 Å². The number of ether oxygens (including phenoxy) is 1. The molecule has 3 heteroatoms. The summed E-state index contributed by atoms with van der Waals surface area (Å²) in [6.07, 6.45) is -0.655. The maximum Gasteiger partial charge on any atom is 0.125 e. The molecule has 0 bridgehead atoms. The third kappa shape index (κ3) is 1.29. The molecule has 1 aromatic carbocycles. The molecule has 76 valence electrons. The molecule has 1 heterocycles. The van der Waals surface area contributed by atoms with Crippen LogP contribution < -0.4 is 4.74 Å². The summed E-state index contributed by atoms with van der Waals surface area (Å²) in [5, 5.41) is 19.2. The van der Waals surface area contributed by atoms with Gasteiger partial charge in [0.05, 0.1) is 24.7 Å². The summed E-state index contributed by atoms with van der Waals surface area (Å²) < 4.78 is 5.48. The van der Waals surface area contributed by atoms with Crippen molar-refractivity contribution in [2.45, 2.75) is 13.0 Å². The van der Waals surface area contributed by atoms with Crippen molar-refractivity contribution in [3.63, 3.8) is 0 Å². The Labute approximate surface area is 83.0 Å². The van der Waals surface area contributed by atoms with Crippen molar-refractivity contribution in [2.24, 2.45) is 5.41 Å². The van der Waals surface area contributed by atoms with E-state index in [2.05, 4.69) is 0 Å². The summed E-state index contributed by atoms with van der Waals surface area (Å²) in [4.78, 5) is 0. The van der Waals surface area contributed by atoms with Crippen molar-refractivity contribution in [1.29, 1.82) is 0 Å². The van der Waals surface area contributed by atoms with Gasteiger partial charge in [0, 0.05) is 5.56 Å². The molecule has 3 nitrogen and oxygen atoms in total.